The molecule has 0 saturated heterocycles. The highest BCUT2D eigenvalue weighted by Crippen LogP contribution is 2.13. The fourth-order valence-electron chi connectivity index (χ4n) is 2.74. The maximum absolute atomic E-state index is 12.4. The smallest absolute Gasteiger partial charge is 0.338 e. The number of benzene rings is 2. The molecular formula is C22H26N2O5. The average Bonchev–Trinajstić information content (AvgIpc) is 2.74. The molecule has 1 N–H and O–H groups in total. The molecule has 0 fully saturated rings. The summed E-state index contributed by atoms with van der Waals surface area (Å²) >= 11 is 0. The van der Waals surface area contributed by atoms with E-state index in [0.717, 1.165) is 5.56 Å². The van der Waals surface area contributed by atoms with Gasteiger partial charge in [0.25, 0.3) is 11.8 Å². The van der Waals surface area contributed by atoms with Crippen molar-refractivity contribution in [2.24, 2.45) is 0 Å². The SMILES string of the molecule is CCN(CC)C(=O)c1cccc(NC(=O)COC(=O)c2ccc(COC)cc2)c1. The van der Waals surface area contributed by atoms with Gasteiger partial charge in [0.2, 0.25) is 0 Å². The van der Waals surface area contributed by atoms with E-state index in [1.54, 1.807) is 60.5 Å². The lowest BCUT2D eigenvalue weighted by molar-refractivity contribution is -0.119. The Bertz CT molecular complexity index is 845. The second kappa shape index (κ2) is 11.0. The van der Waals surface area contributed by atoms with Gasteiger partial charge in [-0.05, 0) is 49.7 Å². The van der Waals surface area contributed by atoms with E-state index in [1.807, 2.05) is 13.8 Å². The number of hydrogen-bond acceptors (Lipinski definition) is 5. The van der Waals surface area contributed by atoms with Crippen LogP contribution in [0, 0.1) is 0 Å². The quantitative estimate of drug-likeness (QED) is 0.656. The minimum atomic E-state index is -0.588. The highest BCUT2D eigenvalue weighted by atomic mass is 16.5. The molecule has 0 atom stereocenters. The molecule has 2 aromatic rings. The zero-order chi connectivity index (χ0) is 21.2. The fourth-order valence-corrected chi connectivity index (χ4v) is 2.74. The van der Waals surface area contributed by atoms with E-state index in [2.05, 4.69) is 5.32 Å². The number of amides is 2. The normalized spacial score (nSPS) is 10.3. The summed E-state index contributed by atoms with van der Waals surface area (Å²) in [4.78, 5) is 38.3. The van der Waals surface area contributed by atoms with Gasteiger partial charge in [-0.15, -0.1) is 0 Å². The second-order valence-electron chi connectivity index (χ2n) is 6.31. The van der Waals surface area contributed by atoms with Crippen LogP contribution >= 0.6 is 0 Å². The first kappa shape index (κ1) is 22.1. The van der Waals surface area contributed by atoms with Gasteiger partial charge >= 0.3 is 5.97 Å². The van der Waals surface area contributed by atoms with Crippen molar-refractivity contribution < 1.29 is 23.9 Å². The van der Waals surface area contributed by atoms with E-state index >= 15 is 0 Å². The Morgan fingerprint density at radius 3 is 2.28 bits per heavy atom. The van der Waals surface area contributed by atoms with E-state index in [4.69, 9.17) is 9.47 Å². The Morgan fingerprint density at radius 1 is 0.966 bits per heavy atom. The lowest BCUT2D eigenvalue weighted by Crippen LogP contribution is -2.30. The van der Waals surface area contributed by atoms with Gasteiger partial charge in [-0.2, -0.15) is 0 Å². The number of hydrogen-bond donors (Lipinski definition) is 1. The number of nitrogens with one attached hydrogen (secondary N) is 1. The van der Waals surface area contributed by atoms with Gasteiger partial charge in [-0.1, -0.05) is 18.2 Å². The van der Waals surface area contributed by atoms with Crippen LogP contribution in [0.2, 0.25) is 0 Å². The number of nitrogens with zero attached hydrogens (tertiary/aromatic N) is 1. The molecular weight excluding hydrogens is 372 g/mol. The van der Waals surface area contributed by atoms with Gasteiger partial charge in [0.05, 0.1) is 12.2 Å². The standard InChI is InChI=1S/C22H26N2O5/c1-4-24(5-2)21(26)18-7-6-8-19(13-18)23-20(25)15-29-22(27)17-11-9-16(10-12-17)14-28-3/h6-13H,4-5,14-15H2,1-3H3,(H,23,25). The highest BCUT2D eigenvalue weighted by Gasteiger charge is 2.14. The molecule has 7 heteroatoms. The van der Waals surface area contributed by atoms with Crippen LogP contribution < -0.4 is 5.32 Å². The number of esters is 1. The predicted molar refractivity (Wildman–Crippen MR) is 110 cm³/mol. The molecule has 0 aliphatic carbocycles. The third-order valence-electron chi connectivity index (χ3n) is 4.28. The molecule has 0 spiro atoms. The largest absolute Gasteiger partial charge is 0.452 e. The minimum Gasteiger partial charge on any atom is -0.452 e. The average molecular weight is 398 g/mol. The number of rotatable bonds is 9. The lowest BCUT2D eigenvalue weighted by Gasteiger charge is -2.19. The maximum atomic E-state index is 12.4. The van der Waals surface area contributed by atoms with Crippen molar-refractivity contribution in [1.29, 1.82) is 0 Å². The molecule has 0 aliphatic heterocycles. The Hall–Kier alpha value is -3.19. The molecule has 0 bridgehead atoms. The van der Waals surface area contributed by atoms with E-state index in [1.165, 1.54) is 0 Å². The first-order valence-corrected chi connectivity index (χ1v) is 9.42. The Kier molecular flexibility index (Phi) is 8.36. The second-order valence-corrected chi connectivity index (χ2v) is 6.31. The molecule has 0 aromatic heterocycles. The van der Waals surface area contributed by atoms with Gasteiger partial charge in [-0.3, -0.25) is 9.59 Å². The molecule has 154 valence electrons. The molecule has 0 unspecified atom stereocenters. The summed E-state index contributed by atoms with van der Waals surface area (Å²) in [6, 6.07) is 13.4. The topological polar surface area (TPSA) is 84.9 Å². The maximum Gasteiger partial charge on any atom is 0.338 e. The Labute approximate surface area is 170 Å². The first-order valence-electron chi connectivity index (χ1n) is 9.42. The molecule has 2 amide bonds. The zero-order valence-electron chi connectivity index (χ0n) is 16.9. The van der Waals surface area contributed by atoms with E-state index < -0.39 is 18.5 Å². The number of ether oxygens (including phenoxy) is 2. The Balaban J connectivity index is 1.91. The number of carbonyl (C=O) groups is 3. The van der Waals surface area contributed by atoms with E-state index in [-0.39, 0.29) is 5.91 Å². The van der Waals surface area contributed by atoms with Crippen molar-refractivity contribution in [3.05, 3.63) is 65.2 Å². The molecule has 0 saturated carbocycles. The molecule has 29 heavy (non-hydrogen) atoms. The zero-order valence-corrected chi connectivity index (χ0v) is 16.9. The minimum absolute atomic E-state index is 0.102. The fraction of sp³-hybridized carbons (Fsp3) is 0.318. The summed E-state index contributed by atoms with van der Waals surface area (Å²) in [6.45, 7) is 5.06. The van der Waals surface area contributed by atoms with Crippen LogP contribution in [-0.2, 0) is 20.9 Å². The summed E-state index contributed by atoms with van der Waals surface area (Å²) in [5.74, 6) is -1.18. The number of anilines is 1. The van der Waals surface area contributed by atoms with Crippen LogP contribution in [0.3, 0.4) is 0 Å². The van der Waals surface area contributed by atoms with Gasteiger partial charge in [0.15, 0.2) is 6.61 Å². The summed E-state index contributed by atoms with van der Waals surface area (Å²) in [5.41, 5.74) is 2.23. The summed E-state index contributed by atoms with van der Waals surface area (Å²) < 4.78 is 10.1. The Morgan fingerprint density at radius 2 is 1.66 bits per heavy atom. The molecule has 2 rings (SSSR count). The predicted octanol–water partition coefficient (Wildman–Crippen LogP) is 3.11. The van der Waals surface area contributed by atoms with Crippen molar-refractivity contribution in [1.82, 2.24) is 4.90 Å². The van der Waals surface area contributed by atoms with Crippen molar-refractivity contribution in [2.75, 3.05) is 32.1 Å². The van der Waals surface area contributed by atoms with Crippen LogP contribution in [0.4, 0.5) is 5.69 Å². The van der Waals surface area contributed by atoms with Crippen molar-refractivity contribution in [3.8, 4) is 0 Å². The van der Waals surface area contributed by atoms with Gasteiger partial charge in [-0.25, -0.2) is 4.79 Å². The van der Waals surface area contributed by atoms with Crippen LogP contribution in [0.1, 0.15) is 40.1 Å². The number of methoxy groups -OCH3 is 1. The molecule has 2 aromatic carbocycles. The van der Waals surface area contributed by atoms with Crippen molar-refractivity contribution >= 4 is 23.5 Å². The van der Waals surface area contributed by atoms with E-state index in [0.29, 0.717) is 36.5 Å². The van der Waals surface area contributed by atoms with Gasteiger partial charge < -0.3 is 19.7 Å². The molecule has 0 radical (unpaired) electrons. The molecule has 0 aliphatic rings. The lowest BCUT2D eigenvalue weighted by atomic mass is 10.1. The van der Waals surface area contributed by atoms with Crippen LogP contribution in [0.25, 0.3) is 0 Å². The van der Waals surface area contributed by atoms with Crippen LogP contribution in [-0.4, -0.2) is 49.5 Å². The van der Waals surface area contributed by atoms with Crippen LogP contribution in [0.15, 0.2) is 48.5 Å². The number of carbonyl (C=O) groups excluding carboxylic acids is 3. The van der Waals surface area contributed by atoms with E-state index in [9.17, 15) is 14.4 Å². The molecule has 0 heterocycles. The van der Waals surface area contributed by atoms with Gasteiger partial charge in [0.1, 0.15) is 0 Å². The summed E-state index contributed by atoms with van der Waals surface area (Å²) in [5, 5.41) is 2.64. The summed E-state index contributed by atoms with van der Waals surface area (Å²) in [7, 11) is 1.59. The summed E-state index contributed by atoms with van der Waals surface area (Å²) in [6.07, 6.45) is 0. The first-order chi connectivity index (χ1) is 14.0. The van der Waals surface area contributed by atoms with Crippen LogP contribution in [0.5, 0.6) is 0 Å². The van der Waals surface area contributed by atoms with Crippen molar-refractivity contribution in [3.63, 3.8) is 0 Å². The third-order valence-corrected chi connectivity index (χ3v) is 4.28. The monoisotopic (exact) mass is 398 g/mol. The van der Waals surface area contributed by atoms with Crippen molar-refractivity contribution in [2.45, 2.75) is 20.5 Å². The highest BCUT2D eigenvalue weighted by molar-refractivity contribution is 5.98. The molecule has 7 nitrogen and oxygen atoms in total. The third kappa shape index (κ3) is 6.43. The van der Waals surface area contributed by atoms with Gasteiger partial charge in [0, 0.05) is 31.5 Å².